The van der Waals surface area contributed by atoms with Crippen LogP contribution in [0.1, 0.15) is 119 Å². The molecule has 0 aromatic carbocycles. The quantitative estimate of drug-likeness (QED) is 0.303. The van der Waals surface area contributed by atoms with Crippen LogP contribution < -0.4 is 0 Å². The molecule has 16 atom stereocenters. The van der Waals surface area contributed by atoms with Crippen LogP contribution in [0.25, 0.3) is 0 Å². The molecule has 2 saturated carbocycles. The van der Waals surface area contributed by atoms with Gasteiger partial charge in [0.25, 0.3) is 0 Å². The summed E-state index contributed by atoms with van der Waals surface area (Å²) >= 11 is 0. The van der Waals surface area contributed by atoms with E-state index in [0.717, 1.165) is 57.8 Å². The summed E-state index contributed by atoms with van der Waals surface area (Å²) in [7, 11) is 0. The summed E-state index contributed by atoms with van der Waals surface area (Å²) in [5, 5.41) is 0. The molecule has 8 saturated heterocycles. The lowest BCUT2D eigenvalue weighted by Gasteiger charge is -2.61. The van der Waals surface area contributed by atoms with E-state index in [2.05, 4.69) is 34.6 Å². The van der Waals surface area contributed by atoms with E-state index < -0.39 is 22.8 Å². The Morgan fingerprint density at radius 1 is 0.581 bits per heavy atom. The van der Waals surface area contributed by atoms with Crippen molar-refractivity contribution >= 4 is 0 Å². The maximum absolute atomic E-state index is 7.01. The highest BCUT2D eigenvalue weighted by molar-refractivity contribution is 5.11. The van der Waals surface area contributed by atoms with Crippen molar-refractivity contribution in [2.45, 2.75) is 167 Å². The van der Waals surface area contributed by atoms with Crippen molar-refractivity contribution in [2.24, 2.45) is 53.3 Å². The molecule has 0 aromatic heterocycles. The molecule has 10 fully saturated rings. The predicted octanol–water partition coefficient (Wildman–Crippen LogP) is 7.29. The van der Waals surface area contributed by atoms with Gasteiger partial charge in [-0.25, -0.2) is 19.6 Å². The lowest BCUT2D eigenvalue weighted by molar-refractivity contribution is -0.571. The molecule has 43 heavy (non-hydrogen) atoms. The first-order chi connectivity index (χ1) is 20.5. The van der Waals surface area contributed by atoms with Crippen LogP contribution in [0.3, 0.4) is 0 Å². The van der Waals surface area contributed by atoms with Crippen molar-refractivity contribution in [3.8, 4) is 0 Å². The standard InChI is InChI=1S/C35H56O8/c1-8-23(17-28-21(4)26-11-9-19(2)24-13-15-32(6)38-30(36-28)34(24,26)42-40-32)18-29-22(5)27-12-10-20(3)25-14-16-33(7)39-31(37-29)35(25,27)43-41-33/h19-31H,8-18H2,1-7H3/t19-,20-,21-,22-,23?,24?,25?,26+,27+,28?,29?,30-,31-,32+,33+,34?,35?/m1/s1. The molecule has 0 N–H and O–H groups in total. The molecule has 10 rings (SSSR count). The zero-order chi connectivity index (χ0) is 29.9. The van der Waals surface area contributed by atoms with Gasteiger partial charge in [-0.05, 0) is 107 Å². The van der Waals surface area contributed by atoms with Gasteiger partial charge in [-0.2, -0.15) is 0 Å². The summed E-state index contributed by atoms with van der Waals surface area (Å²) in [6.45, 7) is 15.9. The van der Waals surface area contributed by atoms with Crippen molar-refractivity contribution < 1.29 is 38.5 Å². The van der Waals surface area contributed by atoms with E-state index in [4.69, 9.17) is 38.5 Å². The Hall–Kier alpha value is -0.320. The third kappa shape index (κ3) is 4.29. The Bertz CT molecular complexity index is 992. The number of fused-ring (bicyclic) bond motifs is 4. The van der Waals surface area contributed by atoms with Gasteiger partial charge in [0, 0.05) is 24.7 Å². The molecule has 2 spiro atoms. The van der Waals surface area contributed by atoms with E-state index >= 15 is 0 Å². The van der Waals surface area contributed by atoms with Gasteiger partial charge >= 0.3 is 0 Å². The first kappa shape index (κ1) is 30.0. The third-order valence-electron chi connectivity index (χ3n) is 14.3. The molecular weight excluding hydrogens is 548 g/mol. The van der Waals surface area contributed by atoms with Crippen LogP contribution in [0, 0.1) is 53.3 Å². The molecule has 8 heteroatoms. The second-order valence-corrected chi connectivity index (χ2v) is 16.6. The minimum Gasteiger partial charge on any atom is -0.346 e. The lowest BCUT2D eigenvalue weighted by Crippen LogP contribution is -2.70. The number of rotatable bonds is 5. The van der Waals surface area contributed by atoms with Crippen LogP contribution in [-0.4, -0.2) is 47.6 Å². The normalized spacial score (nSPS) is 59.5. The maximum Gasteiger partial charge on any atom is 0.201 e. The van der Waals surface area contributed by atoms with Gasteiger partial charge in [-0.3, -0.25) is 0 Å². The van der Waals surface area contributed by atoms with E-state index in [1.807, 2.05) is 13.8 Å². The second-order valence-electron chi connectivity index (χ2n) is 16.6. The van der Waals surface area contributed by atoms with Crippen LogP contribution >= 0.6 is 0 Å². The van der Waals surface area contributed by atoms with E-state index in [1.165, 1.54) is 12.8 Å². The van der Waals surface area contributed by atoms with Gasteiger partial charge in [-0.1, -0.05) is 41.0 Å². The molecule has 244 valence electrons. The molecule has 0 radical (unpaired) electrons. The highest BCUT2D eigenvalue weighted by Crippen LogP contribution is 2.63. The molecule has 8 heterocycles. The Labute approximate surface area is 258 Å². The topological polar surface area (TPSA) is 73.8 Å². The molecule has 2 aliphatic carbocycles. The zero-order valence-electron chi connectivity index (χ0n) is 27.5. The average molecular weight is 605 g/mol. The minimum absolute atomic E-state index is 0.122. The highest BCUT2D eigenvalue weighted by atomic mass is 17.3. The summed E-state index contributed by atoms with van der Waals surface area (Å²) in [5.74, 6) is 2.46. The first-order valence-electron chi connectivity index (χ1n) is 17.9. The fraction of sp³-hybridized carbons (Fsp3) is 1.00. The van der Waals surface area contributed by atoms with Crippen LogP contribution in [0.4, 0.5) is 0 Å². The first-order valence-corrected chi connectivity index (χ1v) is 17.9. The van der Waals surface area contributed by atoms with Gasteiger partial charge in [0.2, 0.25) is 11.6 Å². The van der Waals surface area contributed by atoms with Gasteiger partial charge in [-0.15, -0.1) is 0 Å². The van der Waals surface area contributed by atoms with E-state index in [1.54, 1.807) is 0 Å². The monoisotopic (exact) mass is 604 g/mol. The van der Waals surface area contributed by atoms with Crippen molar-refractivity contribution in [1.82, 2.24) is 0 Å². The number of hydrogen-bond donors (Lipinski definition) is 0. The van der Waals surface area contributed by atoms with Crippen LogP contribution in [0.5, 0.6) is 0 Å². The minimum atomic E-state index is -0.732. The fourth-order valence-electron chi connectivity index (χ4n) is 11.6. The summed E-state index contributed by atoms with van der Waals surface area (Å²) < 4.78 is 27.3. The predicted molar refractivity (Wildman–Crippen MR) is 157 cm³/mol. The summed E-state index contributed by atoms with van der Waals surface area (Å²) in [4.78, 5) is 24.9. The molecule has 8 nitrogen and oxygen atoms in total. The Morgan fingerprint density at radius 3 is 1.44 bits per heavy atom. The average Bonchev–Trinajstić information content (AvgIpc) is 3.35. The van der Waals surface area contributed by atoms with Gasteiger partial charge in [0.15, 0.2) is 23.8 Å². The van der Waals surface area contributed by atoms with Crippen molar-refractivity contribution in [1.29, 1.82) is 0 Å². The van der Waals surface area contributed by atoms with E-state index in [0.29, 0.717) is 53.3 Å². The third-order valence-corrected chi connectivity index (χ3v) is 14.3. The summed E-state index contributed by atoms with van der Waals surface area (Å²) in [5.41, 5.74) is -0.993. The smallest absolute Gasteiger partial charge is 0.201 e. The van der Waals surface area contributed by atoms with Crippen molar-refractivity contribution in [3.05, 3.63) is 0 Å². The van der Waals surface area contributed by atoms with Crippen LogP contribution in [-0.2, 0) is 38.5 Å². The second kappa shape index (κ2) is 10.3. The highest BCUT2D eigenvalue weighted by Gasteiger charge is 2.71. The molecule has 0 aromatic rings. The van der Waals surface area contributed by atoms with Gasteiger partial charge < -0.3 is 18.9 Å². The van der Waals surface area contributed by atoms with Crippen molar-refractivity contribution in [3.63, 3.8) is 0 Å². The SMILES string of the molecule is CCC(CC1O[C@@H]2O[C@]3(C)CCC4[C@H](C)CC[C@@H]([C@H]1C)C42OO3)CC1O[C@@H]2O[C@]3(C)CCC4[C@H](C)CC[C@@H]([C@H]1C)C42OO3. The zero-order valence-corrected chi connectivity index (χ0v) is 27.5. The van der Waals surface area contributed by atoms with Crippen LogP contribution in [0.15, 0.2) is 0 Å². The van der Waals surface area contributed by atoms with Crippen LogP contribution in [0.2, 0.25) is 0 Å². The number of ether oxygens (including phenoxy) is 4. The Morgan fingerprint density at radius 2 is 1.02 bits per heavy atom. The van der Waals surface area contributed by atoms with Gasteiger partial charge in [0.05, 0.1) is 12.2 Å². The molecule has 0 amide bonds. The maximum atomic E-state index is 7.01. The lowest BCUT2D eigenvalue weighted by atomic mass is 9.56. The van der Waals surface area contributed by atoms with E-state index in [9.17, 15) is 0 Å². The number of hydrogen-bond acceptors (Lipinski definition) is 8. The van der Waals surface area contributed by atoms with Crippen molar-refractivity contribution in [2.75, 3.05) is 0 Å². The molecule has 8 aliphatic heterocycles. The van der Waals surface area contributed by atoms with E-state index in [-0.39, 0.29) is 24.8 Å². The molecule has 10 aliphatic rings. The fourth-order valence-corrected chi connectivity index (χ4v) is 11.6. The largest absolute Gasteiger partial charge is 0.346 e. The summed E-state index contributed by atoms with van der Waals surface area (Å²) in [6.07, 6.45) is 11.2. The Kier molecular flexibility index (Phi) is 7.22. The molecule has 4 bridgehead atoms. The Balaban J connectivity index is 1.02. The summed E-state index contributed by atoms with van der Waals surface area (Å²) in [6, 6.07) is 0. The van der Waals surface area contributed by atoms with Gasteiger partial charge in [0.1, 0.15) is 0 Å². The molecule has 6 unspecified atom stereocenters. The molecular formula is C35H56O8.